The number of aromatic nitrogens is 3. The predicted molar refractivity (Wildman–Crippen MR) is 114 cm³/mol. The first-order valence-corrected chi connectivity index (χ1v) is 10.3. The summed E-state index contributed by atoms with van der Waals surface area (Å²) in [6.07, 6.45) is 1.74. The van der Waals surface area contributed by atoms with Crippen LogP contribution < -0.4 is 10.1 Å². The molecule has 144 valence electrons. The van der Waals surface area contributed by atoms with Gasteiger partial charge in [0.2, 0.25) is 5.91 Å². The van der Waals surface area contributed by atoms with E-state index >= 15 is 0 Å². The van der Waals surface area contributed by atoms with Crippen LogP contribution >= 0.6 is 27.7 Å². The van der Waals surface area contributed by atoms with Gasteiger partial charge in [-0.15, -0.1) is 11.7 Å². The van der Waals surface area contributed by atoms with Gasteiger partial charge >= 0.3 is 0 Å². The number of ether oxygens (including phenoxy) is 1. The van der Waals surface area contributed by atoms with E-state index in [-0.39, 0.29) is 18.3 Å². The van der Waals surface area contributed by atoms with E-state index in [1.165, 1.54) is 11.8 Å². The van der Waals surface area contributed by atoms with Crippen LogP contribution in [-0.4, -0.2) is 26.7 Å². The minimum atomic E-state index is -0.103. The van der Waals surface area contributed by atoms with Crippen LogP contribution in [-0.2, 0) is 17.9 Å². The monoisotopic (exact) mass is 458 g/mol. The molecule has 0 aliphatic heterocycles. The van der Waals surface area contributed by atoms with Crippen LogP contribution in [0.1, 0.15) is 5.69 Å². The maximum atomic E-state index is 12.3. The van der Waals surface area contributed by atoms with Crippen LogP contribution in [0.4, 0.5) is 5.69 Å². The molecule has 0 radical (unpaired) electrons. The van der Waals surface area contributed by atoms with Crippen LogP contribution in [0.2, 0.25) is 0 Å². The van der Waals surface area contributed by atoms with Gasteiger partial charge in [-0.1, -0.05) is 57.2 Å². The summed E-state index contributed by atoms with van der Waals surface area (Å²) in [6, 6.07) is 17.0. The van der Waals surface area contributed by atoms with Crippen molar-refractivity contribution in [1.82, 2.24) is 15.0 Å². The molecule has 0 aliphatic carbocycles. The lowest BCUT2D eigenvalue weighted by Crippen LogP contribution is -2.14. The van der Waals surface area contributed by atoms with Crippen LogP contribution in [0.3, 0.4) is 0 Å². The van der Waals surface area contributed by atoms with E-state index in [0.717, 1.165) is 20.9 Å². The number of rotatable bonds is 9. The van der Waals surface area contributed by atoms with Crippen molar-refractivity contribution >= 4 is 39.3 Å². The molecule has 0 saturated carbocycles. The summed E-state index contributed by atoms with van der Waals surface area (Å²) in [5.41, 5.74) is 1.44. The number of nitrogens with zero attached hydrogens (tertiary/aromatic N) is 3. The molecule has 0 spiro atoms. The van der Waals surface area contributed by atoms with Crippen LogP contribution in [0, 0.1) is 0 Å². The van der Waals surface area contributed by atoms with Crippen LogP contribution in [0.5, 0.6) is 5.75 Å². The van der Waals surface area contributed by atoms with Gasteiger partial charge in [0.05, 0.1) is 12.3 Å². The molecule has 0 bridgehead atoms. The topological polar surface area (TPSA) is 69.0 Å². The molecule has 28 heavy (non-hydrogen) atoms. The summed E-state index contributed by atoms with van der Waals surface area (Å²) in [6.45, 7) is 4.53. The Labute approximate surface area is 176 Å². The maximum Gasteiger partial charge on any atom is 0.234 e. The highest BCUT2D eigenvalue weighted by Crippen LogP contribution is 2.23. The largest absolute Gasteiger partial charge is 0.487 e. The molecule has 0 saturated heterocycles. The Morgan fingerprint density at radius 1 is 1.21 bits per heavy atom. The lowest BCUT2D eigenvalue weighted by atomic mass is 10.3. The molecule has 0 unspecified atom stereocenters. The zero-order valence-electron chi connectivity index (χ0n) is 15.0. The molecule has 0 atom stereocenters. The lowest BCUT2D eigenvalue weighted by Gasteiger charge is -2.08. The molecule has 3 aromatic rings. The number of halogens is 1. The van der Waals surface area contributed by atoms with Gasteiger partial charge in [-0.2, -0.15) is 0 Å². The highest BCUT2D eigenvalue weighted by Gasteiger charge is 2.15. The quantitative estimate of drug-likeness (QED) is 0.376. The molecule has 0 fully saturated rings. The average molecular weight is 459 g/mol. The van der Waals surface area contributed by atoms with Crippen molar-refractivity contribution in [3.05, 3.63) is 77.4 Å². The van der Waals surface area contributed by atoms with Crippen LogP contribution in [0.15, 0.2) is 76.8 Å². The summed E-state index contributed by atoms with van der Waals surface area (Å²) >= 11 is 4.75. The Morgan fingerprint density at radius 2 is 1.96 bits per heavy atom. The van der Waals surface area contributed by atoms with Crippen molar-refractivity contribution in [1.29, 1.82) is 0 Å². The van der Waals surface area contributed by atoms with Gasteiger partial charge in [-0.25, -0.2) is 4.68 Å². The third-order valence-corrected chi connectivity index (χ3v) is 5.30. The molecule has 8 heteroatoms. The Kier molecular flexibility index (Phi) is 7.27. The molecule has 1 amide bonds. The zero-order chi connectivity index (χ0) is 19.8. The second-order valence-electron chi connectivity index (χ2n) is 5.76. The van der Waals surface area contributed by atoms with Crippen molar-refractivity contribution in [2.75, 3.05) is 11.1 Å². The number of carbonyl (C=O) groups excluding carboxylic acids is 1. The summed E-state index contributed by atoms with van der Waals surface area (Å²) in [5, 5.41) is 12.0. The predicted octanol–water partition coefficient (Wildman–Crippen LogP) is 4.54. The minimum Gasteiger partial charge on any atom is -0.487 e. The molecule has 0 aliphatic rings. The van der Waals surface area contributed by atoms with E-state index in [1.54, 1.807) is 10.8 Å². The zero-order valence-corrected chi connectivity index (χ0v) is 17.4. The number of nitrogens with one attached hydrogen (secondary N) is 1. The number of carbonyl (C=O) groups is 1. The highest BCUT2D eigenvalue weighted by atomic mass is 79.9. The van der Waals surface area contributed by atoms with E-state index in [0.29, 0.717) is 12.2 Å². The van der Waals surface area contributed by atoms with Gasteiger partial charge in [-0.3, -0.25) is 4.79 Å². The number of amides is 1. The first-order chi connectivity index (χ1) is 13.7. The van der Waals surface area contributed by atoms with E-state index in [4.69, 9.17) is 4.74 Å². The normalized spacial score (nSPS) is 10.5. The molecule has 2 aromatic carbocycles. The third-order valence-electron chi connectivity index (χ3n) is 3.64. The fourth-order valence-electron chi connectivity index (χ4n) is 2.36. The summed E-state index contributed by atoms with van der Waals surface area (Å²) in [4.78, 5) is 12.3. The molecule has 3 rings (SSSR count). The Morgan fingerprint density at radius 3 is 2.68 bits per heavy atom. The fourth-order valence-corrected chi connectivity index (χ4v) is 3.49. The number of benzene rings is 2. The number of hydrogen-bond acceptors (Lipinski definition) is 5. The molecule has 1 heterocycles. The lowest BCUT2D eigenvalue weighted by molar-refractivity contribution is -0.113. The van der Waals surface area contributed by atoms with Gasteiger partial charge in [-0.05, 0) is 36.4 Å². The molecular weight excluding hydrogens is 440 g/mol. The average Bonchev–Trinajstić information content (AvgIpc) is 3.09. The van der Waals surface area contributed by atoms with Gasteiger partial charge < -0.3 is 10.1 Å². The summed E-state index contributed by atoms with van der Waals surface area (Å²) < 4.78 is 8.45. The fraction of sp³-hybridized carbons (Fsp3) is 0.150. The van der Waals surface area contributed by atoms with Crippen molar-refractivity contribution in [2.45, 2.75) is 18.2 Å². The molecule has 1 aromatic heterocycles. The third kappa shape index (κ3) is 5.71. The minimum absolute atomic E-state index is 0.103. The van der Waals surface area contributed by atoms with Gasteiger partial charge in [0, 0.05) is 10.2 Å². The van der Waals surface area contributed by atoms with E-state index < -0.39 is 0 Å². The van der Waals surface area contributed by atoms with Crippen molar-refractivity contribution < 1.29 is 9.53 Å². The molecule has 6 nitrogen and oxygen atoms in total. The first kappa shape index (κ1) is 20.2. The number of anilines is 1. The Bertz CT molecular complexity index is 929. The van der Waals surface area contributed by atoms with Crippen molar-refractivity contribution in [2.24, 2.45) is 0 Å². The highest BCUT2D eigenvalue weighted by molar-refractivity contribution is 9.10. The van der Waals surface area contributed by atoms with Crippen LogP contribution in [0.25, 0.3) is 0 Å². The Hall–Kier alpha value is -2.58. The van der Waals surface area contributed by atoms with E-state index in [1.807, 2.05) is 54.6 Å². The number of thioether (sulfide) groups is 1. The van der Waals surface area contributed by atoms with Gasteiger partial charge in [0.15, 0.2) is 0 Å². The Balaban J connectivity index is 1.63. The number of para-hydroxylation sites is 1. The first-order valence-electron chi connectivity index (χ1n) is 8.55. The van der Waals surface area contributed by atoms with Crippen molar-refractivity contribution in [3.8, 4) is 5.75 Å². The van der Waals surface area contributed by atoms with E-state index in [2.05, 4.69) is 38.1 Å². The maximum absolute atomic E-state index is 12.3. The SMILES string of the molecule is C=CCn1nnc(COc2ccccc2)c1SCC(=O)Nc1ccc(Br)cc1. The van der Waals surface area contributed by atoms with Gasteiger partial charge in [0.25, 0.3) is 0 Å². The van der Waals surface area contributed by atoms with Gasteiger partial charge in [0.1, 0.15) is 23.1 Å². The molecular formula is C20H19BrN4O2S. The second-order valence-corrected chi connectivity index (χ2v) is 7.64. The second kappa shape index (κ2) is 10.1. The summed E-state index contributed by atoms with van der Waals surface area (Å²) in [5.74, 6) is 0.886. The number of allylic oxidation sites excluding steroid dienone is 1. The van der Waals surface area contributed by atoms with Crippen molar-refractivity contribution in [3.63, 3.8) is 0 Å². The summed E-state index contributed by atoms with van der Waals surface area (Å²) in [7, 11) is 0. The molecule has 1 N–H and O–H groups in total. The van der Waals surface area contributed by atoms with E-state index in [9.17, 15) is 4.79 Å². The smallest absolute Gasteiger partial charge is 0.234 e. The standard InChI is InChI=1S/C20H19BrN4O2S/c1-2-12-25-20(18(23-24-25)13-27-17-6-4-3-5-7-17)28-14-19(26)22-16-10-8-15(21)9-11-16/h2-11H,1,12-14H2,(H,22,26). The number of hydrogen-bond donors (Lipinski definition) is 1.